The highest BCUT2D eigenvalue weighted by molar-refractivity contribution is 7.88. The first kappa shape index (κ1) is 18.2. The fraction of sp³-hybridized carbons (Fsp3) is 0.562. The van der Waals surface area contributed by atoms with Gasteiger partial charge in [0.15, 0.2) is 0 Å². The van der Waals surface area contributed by atoms with Crippen LogP contribution in [0.4, 0.5) is 5.69 Å². The lowest BCUT2D eigenvalue weighted by molar-refractivity contribution is -0.111. The average molecular weight is 359 g/mol. The van der Waals surface area contributed by atoms with Gasteiger partial charge in [0.25, 0.3) is 0 Å². The minimum Gasteiger partial charge on any atom is -0.371 e. The molecule has 0 radical (unpaired) electrons. The molecule has 0 aromatic heterocycles. The average Bonchev–Trinajstić information content (AvgIpc) is 2.53. The maximum Gasteiger partial charge on any atom is 0.211 e. The van der Waals surface area contributed by atoms with Crippen LogP contribution in [-0.4, -0.2) is 44.9 Å². The summed E-state index contributed by atoms with van der Waals surface area (Å²) in [4.78, 5) is 13.3. The van der Waals surface area contributed by atoms with Crippen molar-refractivity contribution in [2.75, 3.05) is 30.8 Å². The molecule has 2 heterocycles. The van der Waals surface area contributed by atoms with Gasteiger partial charge >= 0.3 is 0 Å². The van der Waals surface area contributed by atoms with Crippen molar-refractivity contribution in [3.05, 3.63) is 29.3 Å². The summed E-state index contributed by atoms with van der Waals surface area (Å²) in [7, 11) is -3.13. The Bertz CT molecular complexity index is 678. The Kier molecular flexibility index (Phi) is 5.70. The predicted molar refractivity (Wildman–Crippen MR) is 93.6 cm³/mol. The van der Waals surface area contributed by atoms with E-state index in [-0.39, 0.29) is 18.3 Å². The van der Waals surface area contributed by atoms with Crippen molar-refractivity contribution in [1.82, 2.24) is 4.31 Å². The monoisotopic (exact) mass is 358 g/mol. The molecule has 1 saturated heterocycles. The fourth-order valence-corrected chi connectivity index (χ4v) is 4.15. The van der Waals surface area contributed by atoms with E-state index in [0.29, 0.717) is 13.1 Å². The Morgan fingerprint density at radius 3 is 2.70 bits per heavy atom. The molecule has 0 N–H and O–H groups in total. The molecule has 23 heavy (non-hydrogen) atoms. The molecule has 128 valence electrons. The van der Waals surface area contributed by atoms with Crippen molar-refractivity contribution in [3.8, 4) is 0 Å². The van der Waals surface area contributed by atoms with E-state index < -0.39 is 10.0 Å². The molecular formula is C16H23ClN2O3S. The molecular weight excluding hydrogens is 336 g/mol. The van der Waals surface area contributed by atoms with Gasteiger partial charge in [-0.05, 0) is 42.5 Å². The van der Waals surface area contributed by atoms with Crippen LogP contribution in [0.3, 0.4) is 0 Å². The molecule has 2 aliphatic rings. The second kappa shape index (κ2) is 7.20. The molecule has 0 saturated carbocycles. The minimum absolute atomic E-state index is 0. The summed E-state index contributed by atoms with van der Waals surface area (Å²) in [5.74, 6) is 0.130. The molecule has 2 aliphatic heterocycles. The summed E-state index contributed by atoms with van der Waals surface area (Å²) in [6.07, 6.45) is 5.10. The predicted octanol–water partition coefficient (Wildman–Crippen LogP) is 1.84. The largest absolute Gasteiger partial charge is 0.371 e. The Labute approximate surface area is 144 Å². The molecule has 0 spiro atoms. The zero-order valence-electron chi connectivity index (χ0n) is 13.3. The Morgan fingerprint density at radius 2 is 2.00 bits per heavy atom. The number of piperidine rings is 1. The number of hydrogen-bond donors (Lipinski definition) is 0. The summed E-state index contributed by atoms with van der Waals surface area (Å²) in [6.45, 7) is 2.79. The molecule has 5 nitrogen and oxygen atoms in total. The second-order valence-corrected chi connectivity index (χ2v) is 8.27. The number of nitrogens with zero attached hydrogens (tertiary/aromatic N) is 2. The molecule has 3 rings (SSSR count). The molecule has 0 aliphatic carbocycles. The summed E-state index contributed by atoms with van der Waals surface area (Å²) in [6, 6.07) is 6.26. The van der Waals surface area contributed by atoms with Gasteiger partial charge < -0.3 is 9.69 Å². The van der Waals surface area contributed by atoms with Gasteiger partial charge in [0.1, 0.15) is 6.29 Å². The van der Waals surface area contributed by atoms with Crippen LogP contribution in [-0.2, 0) is 27.8 Å². The van der Waals surface area contributed by atoms with Gasteiger partial charge in [-0.3, -0.25) is 0 Å². The van der Waals surface area contributed by atoms with Crippen molar-refractivity contribution in [1.29, 1.82) is 0 Å². The van der Waals surface area contributed by atoms with Crippen LogP contribution in [0.2, 0.25) is 0 Å². The van der Waals surface area contributed by atoms with E-state index >= 15 is 0 Å². The number of fused-ring (bicyclic) bond motifs is 1. The Morgan fingerprint density at radius 1 is 1.22 bits per heavy atom. The normalized spacial score (nSPS) is 22.1. The maximum absolute atomic E-state index is 11.7. The Balaban J connectivity index is 0.00000192. The highest BCUT2D eigenvalue weighted by Crippen LogP contribution is 2.28. The third-order valence-corrected chi connectivity index (χ3v) is 5.90. The van der Waals surface area contributed by atoms with Crippen molar-refractivity contribution >= 4 is 34.4 Å². The third-order valence-electron chi connectivity index (χ3n) is 4.65. The molecule has 1 aromatic rings. The van der Waals surface area contributed by atoms with Crippen molar-refractivity contribution in [2.24, 2.45) is 5.92 Å². The Hall–Kier alpha value is -1.11. The number of aldehydes is 1. The summed E-state index contributed by atoms with van der Waals surface area (Å²) in [5.41, 5.74) is 3.47. The molecule has 1 aromatic carbocycles. The van der Waals surface area contributed by atoms with E-state index in [1.807, 2.05) is 6.07 Å². The van der Waals surface area contributed by atoms with Crippen LogP contribution in [0.15, 0.2) is 18.2 Å². The highest BCUT2D eigenvalue weighted by atomic mass is 35.5. The lowest BCUT2D eigenvalue weighted by Gasteiger charge is -2.33. The highest BCUT2D eigenvalue weighted by Gasteiger charge is 2.25. The number of anilines is 1. The number of halogens is 1. The number of rotatable bonds is 3. The van der Waals surface area contributed by atoms with E-state index in [1.54, 1.807) is 0 Å². The summed E-state index contributed by atoms with van der Waals surface area (Å²) >= 11 is 0. The lowest BCUT2D eigenvalue weighted by atomic mass is 9.96. The van der Waals surface area contributed by atoms with Gasteiger partial charge in [-0.15, -0.1) is 12.4 Å². The van der Waals surface area contributed by atoms with Crippen LogP contribution in [0, 0.1) is 5.92 Å². The summed E-state index contributed by atoms with van der Waals surface area (Å²) in [5, 5.41) is 0. The molecule has 1 fully saturated rings. The van der Waals surface area contributed by atoms with Crippen LogP contribution in [0.25, 0.3) is 0 Å². The van der Waals surface area contributed by atoms with Gasteiger partial charge in [0.05, 0.1) is 6.26 Å². The summed E-state index contributed by atoms with van der Waals surface area (Å²) < 4.78 is 24.9. The van der Waals surface area contributed by atoms with Crippen LogP contribution >= 0.6 is 12.4 Å². The molecule has 0 bridgehead atoms. The standard InChI is InChI=1S/C16H22N2O3S.ClH/c1-22(20,21)18-8-6-14-9-16(5-4-15(14)11-18)17-7-2-3-13(10-17)12-19;/h4-5,9,12-13H,2-3,6-8,10-11H2,1H3;1H. The smallest absolute Gasteiger partial charge is 0.211 e. The van der Waals surface area contributed by atoms with E-state index in [2.05, 4.69) is 17.0 Å². The number of sulfonamides is 1. The number of carbonyl (C=O) groups excluding carboxylic acids is 1. The first-order chi connectivity index (χ1) is 10.5. The zero-order chi connectivity index (χ0) is 15.7. The van der Waals surface area contributed by atoms with Gasteiger partial charge in [0.2, 0.25) is 10.0 Å². The van der Waals surface area contributed by atoms with Gasteiger partial charge in [-0.2, -0.15) is 4.31 Å². The fourth-order valence-electron chi connectivity index (χ4n) is 3.35. The number of carbonyl (C=O) groups is 1. The zero-order valence-corrected chi connectivity index (χ0v) is 14.9. The maximum atomic E-state index is 11.7. The number of benzene rings is 1. The number of hydrogen-bond acceptors (Lipinski definition) is 4. The molecule has 1 atom stereocenters. The minimum atomic E-state index is -3.13. The molecule has 1 unspecified atom stereocenters. The van der Waals surface area contributed by atoms with E-state index in [0.717, 1.165) is 49.9 Å². The van der Waals surface area contributed by atoms with Crippen LogP contribution < -0.4 is 4.90 Å². The van der Waals surface area contributed by atoms with Gasteiger partial charge in [0, 0.05) is 37.8 Å². The first-order valence-electron chi connectivity index (χ1n) is 7.74. The SMILES string of the molecule is CS(=O)(=O)N1CCc2cc(N3CCCC(C=O)C3)ccc2C1.Cl. The topological polar surface area (TPSA) is 57.7 Å². The second-order valence-electron chi connectivity index (χ2n) is 6.28. The van der Waals surface area contributed by atoms with Crippen molar-refractivity contribution < 1.29 is 13.2 Å². The van der Waals surface area contributed by atoms with Gasteiger partial charge in [-0.1, -0.05) is 6.07 Å². The van der Waals surface area contributed by atoms with Crippen LogP contribution in [0.1, 0.15) is 24.0 Å². The quantitative estimate of drug-likeness (QED) is 0.774. The van der Waals surface area contributed by atoms with Gasteiger partial charge in [-0.25, -0.2) is 8.42 Å². The van der Waals surface area contributed by atoms with Crippen molar-refractivity contribution in [2.45, 2.75) is 25.8 Å². The van der Waals surface area contributed by atoms with E-state index in [1.165, 1.54) is 16.1 Å². The van der Waals surface area contributed by atoms with E-state index in [4.69, 9.17) is 0 Å². The molecule has 7 heteroatoms. The third kappa shape index (κ3) is 4.05. The molecule has 0 amide bonds. The lowest BCUT2D eigenvalue weighted by Crippen LogP contribution is -2.37. The van der Waals surface area contributed by atoms with E-state index in [9.17, 15) is 13.2 Å². The van der Waals surface area contributed by atoms with Crippen molar-refractivity contribution in [3.63, 3.8) is 0 Å². The first-order valence-corrected chi connectivity index (χ1v) is 9.59. The van der Waals surface area contributed by atoms with Crippen LogP contribution in [0.5, 0.6) is 0 Å².